The summed E-state index contributed by atoms with van der Waals surface area (Å²) >= 11 is 0. The minimum atomic E-state index is -0.416. The van der Waals surface area contributed by atoms with Crippen molar-refractivity contribution in [1.29, 1.82) is 0 Å². The van der Waals surface area contributed by atoms with Crippen LogP contribution >= 0.6 is 0 Å². The van der Waals surface area contributed by atoms with Gasteiger partial charge >= 0.3 is 0 Å². The van der Waals surface area contributed by atoms with Gasteiger partial charge < -0.3 is 15.5 Å². The van der Waals surface area contributed by atoms with Crippen molar-refractivity contribution in [2.75, 3.05) is 6.54 Å². The summed E-state index contributed by atoms with van der Waals surface area (Å²) in [7, 11) is 0. The minimum Gasteiger partial charge on any atom is -0.343 e. The van der Waals surface area contributed by atoms with Crippen LogP contribution in [0.2, 0.25) is 0 Å². The third kappa shape index (κ3) is 2.63. The van der Waals surface area contributed by atoms with E-state index in [4.69, 9.17) is 0 Å². The first-order chi connectivity index (χ1) is 11.6. The second-order valence-electron chi connectivity index (χ2n) is 6.58. The van der Waals surface area contributed by atoms with Crippen LogP contribution < -0.4 is 10.6 Å². The van der Waals surface area contributed by atoms with Crippen molar-refractivity contribution < 1.29 is 9.59 Å². The maximum absolute atomic E-state index is 12.2. The van der Waals surface area contributed by atoms with Crippen LogP contribution in [0.5, 0.6) is 0 Å². The molecule has 6 nitrogen and oxygen atoms in total. The predicted molar refractivity (Wildman–Crippen MR) is 90.1 cm³/mol. The molecule has 2 aromatic rings. The maximum atomic E-state index is 12.2. The van der Waals surface area contributed by atoms with Crippen LogP contribution in [0.1, 0.15) is 18.9 Å². The van der Waals surface area contributed by atoms with Crippen LogP contribution in [-0.4, -0.2) is 46.4 Å². The van der Waals surface area contributed by atoms with Crippen molar-refractivity contribution in [1.82, 2.24) is 20.5 Å². The minimum absolute atomic E-state index is 0.0145. The van der Waals surface area contributed by atoms with Gasteiger partial charge in [0.05, 0.1) is 5.52 Å². The van der Waals surface area contributed by atoms with Crippen LogP contribution in [0.3, 0.4) is 0 Å². The molecule has 2 saturated heterocycles. The van der Waals surface area contributed by atoms with Crippen LogP contribution in [0, 0.1) is 0 Å². The first-order valence-corrected chi connectivity index (χ1v) is 8.30. The van der Waals surface area contributed by atoms with E-state index in [1.807, 2.05) is 18.2 Å². The van der Waals surface area contributed by atoms with Crippen molar-refractivity contribution in [3.8, 4) is 0 Å². The van der Waals surface area contributed by atoms with Gasteiger partial charge in [0.2, 0.25) is 11.8 Å². The molecule has 2 aliphatic heterocycles. The fourth-order valence-electron chi connectivity index (χ4n) is 3.59. The molecule has 2 fully saturated rings. The summed E-state index contributed by atoms with van der Waals surface area (Å²) in [6.45, 7) is 3.04. The highest BCUT2D eigenvalue weighted by molar-refractivity contribution is 5.97. The Labute approximate surface area is 140 Å². The summed E-state index contributed by atoms with van der Waals surface area (Å²) in [5.41, 5.74) is 2.15. The Bertz CT molecular complexity index is 806. The predicted octanol–water partition coefficient (Wildman–Crippen LogP) is 0.812. The number of benzene rings is 1. The van der Waals surface area contributed by atoms with Crippen LogP contribution in [-0.2, 0) is 16.1 Å². The number of amides is 2. The Hall–Kier alpha value is -2.47. The molecule has 124 valence electrons. The lowest BCUT2D eigenvalue weighted by Gasteiger charge is -2.32. The monoisotopic (exact) mass is 324 g/mol. The van der Waals surface area contributed by atoms with Gasteiger partial charge in [-0.25, -0.2) is 0 Å². The summed E-state index contributed by atoms with van der Waals surface area (Å²) in [5.74, 6) is -0.0242. The molecule has 0 bridgehead atoms. The van der Waals surface area contributed by atoms with E-state index in [1.54, 1.807) is 18.0 Å². The zero-order valence-electron chi connectivity index (χ0n) is 13.5. The van der Waals surface area contributed by atoms with Gasteiger partial charge in [0.25, 0.3) is 0 Å². The molecule has 0 spiro atoms. The van der Waals surface area contributed by atoms with E-state index >= 15 is 0 Å². The Morgan fingerprint density at radius 2 is 2.21 bits per heavy atom. The Morgan fingerprint density at radius 3 is 3.08 bits per heavy atom. The molecule has 2 aliphatic rings. The van der Waals surface area contributed by atoms with E-state index in [1.165, 1.54) is 5.56 Å². The van der Waals surface area contributed by atoms with Crippen molar-refractivity contribution in [2.45, 2.75) is 38.0 Å². The van der Waals surface area contributed by atoms with Gasteiger partial charge in [0.1, 0.15) is 12.1 Å². The van der Waals surface area contributed by atoms with Gasteiger partial charge in [0, 0.05) is 30.7 Å². The first kappa shape index (κ1) is 15.1. The van der Waals surface area contributed by atoms with E-state index in [0.717, 1.165) is 10.9 Å². The van der Waals surface area contributed by atoms with E-state index in [-0.39, 0.29) is 23.9 Å². The molecule has 0 aliphatic carbocycles. The Morgan fingerprint density at radius 1 is 1.33 bits per heavy atom. The Kier molecular flexibility index (Phi) is 3.69. The summed E-state index contributed by atoms with van der Waals surface area (Å²) in [6.07, 6.45) is 2.46. The van der Waals surface area contributed by atoms with E-state index in [2.05, 4.69) is 27.8 Å². The van der Waals surface area contributed by atoms with E-state index < -0.39 is 6.04 Å². The number of aromatic nitrogens is 1. The van der Waals surface area contributed by atoms with Gasteiger partial charge in [-0.3, -0.25) is 14.6 Å². The lowest BCUT2D eigenvalue weighted by atomic mass is 10.1. The number of pyridine rings is 1. The summed E-state index contributed by atoms with van der Waals surface area (Å²) < 4.78 is 0. The number of hydrogen-bond acceptors (Lipinski definition) is 4. The van der Waals surface area contributed by atoms with Crippen molar-refractivity contribution in [3.63, 3.8) is 0 Å². The van der Waals surface area contributed by atoms with Gasteiger partial charge in [-0.2, -0.15) is 0 Å². The number of carbonyl (C=O) groups excluding carboxylic acids is 2. The zero-order chi connectivity index (χ0) is 16.7. The molecular formula is C18H20N4O2. The molecule has 6 heteroatoms. The molecule has 1 aromatic carbocycles. The highest BCUT2D eigenvalue weighted by Gasteiger charge is 2.44. The smallest absolute Gasteiger partial charge is 0.245 e. The molecule has 0 radical (unpaired) electrons. The number of nitrogens with one attached hydrogen (secondary N) is 2. The standard InChI is InChI=1S/C18H20N4O2/c1-11-18(24)22-10-14(8-16(22)17(23)21-11)20-9-12-4-5-15-13(7-12)3-2-6-19-15/h2-7,11,14,16,20H,8-10H2,1H3,(H,21,23)/t11-,14+,16+/m1/s1. The number of rotatable bonds is 3. The van der Waals surface area contributed by atoms with Crippen molar-refractivity contribution in [3.05, 3.63) is 42.1 Å². The maximum Gasteiger partial charge on any atom is 0.245 e. The van der Waals surface area contributed by atoms with E-state index in [9.17, 15) is 9.59 Å². The molecular weight excluding hydrogens is 304 g/mol. The largest absolute Gasteiger partial charge is 0.343 e. The average Bonchev–Trinajstić information content (AvgIpc) is 3.03. The van der Waals surface area contributed by atoms with Gasteiger partial charge in [0.15, 0.2) is 0 Å². The number of fused-ring (bicyclic) bond motifs is 2. The third-order valence-electron chi connectivity index (χ3n) is 4.88. The molecule has 3 heterocycles. The molecule has 3 atom stereocenters. The lowest BCUT2D eigenvalue weighted by molar-refractivity contribution is -0.146. The highest BCUT2D eigenvalue weighted by Crippen LogP contribution is 2.23. The summed E-state index contributed by atoms with van der Waals surface area (Å²) in [4.78, 5) is 30.3. The average molecular weight is 324 g/mol. The van der Waals surface area contributed by atoms with Crippen molar-refractivity contribution >= 4 is 22.7 Å². The number of nitrogens with zero attached hydrogens (tertiary/aromatic N) is 2. The molecule has 0 unspecified atom stereocenters. The molecule has 2 N–H and O–H groups in total. The fraction of sp³-hybridized carbons (Fsp3) is 0.389. The normalized spacial score (nSPS) is 26.5. The number of piperazine rings is 1. The van der Waals surface area contributed by atoms with Crippen LogP contribution in [0.25, 0.3) is 10.9 Å². The summed E-state index contributed by atoms with van der Waals surface area (Å²) in [5, 5.41) is 7.35. The molecule has 24 heavy (non-hydrogen) atoms. The van der Waals surface area contributed by atoms with E-state index in [0.29, 0.717) is 19.5 Å². The molecule has 4 rings (SSSR count). The van der Waals surface area contributed by atoms with Crippen molar-refractivity contribution in [2.24, 2.45) is 0 Å². The summed E-state index contributed by atoms with van der Waals surface area (Å²) in [6, 6.07) is 9.57. The number of carbonyl (C=O) groups is 2. The Balaban J connectivity index is 1.43. The SMILES string of the molecule is C[C@H]1NC(=O)[C@@H]2C[C@H](NCc3ccc4ncccc4c3)CN2C1=O. The van der Waals surface area contributed by atoms with Gasteiger partial charge in [-0.15, -0.1) is 0 Å². The molecule has 0 saturated carbocycles. The lowest BCUT2D eigenvalue weighted by Crippen LogP contribution is -2.60. The topological polar surface area (TPSA) is 74.3 Å². The van der Waals surface area contributed by atoms with Crippen LogP contribution in [0.4, 0.5) is 0 Å². The number of hydrogen-bond donors (Lipinski definition) is 2. The second-order valence-corrected chi connectivity index (χ2v) is 6.58. The highest BCUT2D eigenvalue weighted by atomic mass is 16.2. The quantitative estimate of drug-likeness (QED) is 0.876. The van der Waals surface area contributed by atoms with Gasteiger partial charge in [-0.1, -0.05) is 12.1 Å². The first-order valence-electron chi connectivity index (χ1n) is 8.30. The third-order valence-corrected chi connectivity index (χ3v) is 4.88. The van der Waals surface area contributed by atoms with Gasteiger partial charge in [-0.05, 0) is 37.1 Å². The fourth-order valence-corrected chi connectivity index (χ4v) is 3.59. The molecule has 1 aromatic heterocycles. The zero-order valence-corrected chi connectivity index (χ0v) is 13.5. The second kappa shape index (κ2) is 5.87. The molecule has 2 amide bonds. The van der Waals surface area contributed by atoms with Crippen LogP contribution in [0.15, 0.2) is 36.5 Å².